The molecule has 0 fully saturated rings. The van der Waals surface area contributed by atoms with Gasteiger partial charge in [0.15, 0.2) is 5.82 Å². The van der Waals surface area contributed by atoms with Gasteiger partial charge in [0.1, 0.15) is 23.0 Å². The van der Waals surface area contributed by atoms with Crippen LogP contribution in [0.25, 0.3) is 11.4 Å². The van der Waals surface area contributed by atoms with Crippen molar-refractivity contribution in [1.29, 1.82) is 0 Å². The Morgan fingerprint density at radius 3 is 2.17 bits per heavy atom. The van der Waals surface area contributed by atoms with Crippen molar-refractivity contribution >= 4 is 5.91 Å². The Morgan fingerprint density at radius 1 is 1.00 bits per heavy atom. The second kappa shape index (κ2) is 6.33. The molecule has 0 aliphatic heterocycles. The number of ether oxygens (including phenoxy) is 1. The third-order valence-corrected chi connectivity index (χ3v) is 3.13. The molecule has 2 aromatic carbocycles. The van der Waals surface area contributed by atoms with E-state index in [4.69, 9.17) is 10.5 Å². The predicted molar refractivity (Wildman–Crippen MR) is 84.1 cm³/mol. The van der Waals surface area contributed by atoms with Crippen molar-refractivity contribution < 1.29 is 19.0 Å². The monoisotopic (exact) mass is 325 g/mol. The number of amides is 1. The Labute approximate surface area is 136 Å². The molecule has 120 valence electrons. The van der Waals surface area contributed by atoms with Crippen molar-refractivity contribution in [3.8, 4) is 28.8 Å². The second-order valence-electron chi connectivity index (χ2n) is 4.88. The van der Waals surface area contributed by atoms with E-state index in [1.165, 1.54) is 24.3 Å². The second-order valence-corrected chi connectivity index (χ2v) is 4.88. The van der Waals surface area contributed by atoms with Gasteiger partial charge in [-0.3, -0.25) is 4.79 Å². The summed E-state index contributed by atoms with van der Waals surface area (Å²) in [5.41, 5.74) is 5.65. The van der Waals surface area contributed by atoms with Gasteiger partial charge in [0.25, 0.3) is 5.91 Å². The number of nitrogens with zero attached hydrogens (tertiary/aromatic N) is 2. The number of carbonyl (C=O) groups excluding carboxylic acids is 1. The van der Waals surface area contributed by atoms with Crippen molar-refractivity contribution in [2.45, 2.75) is 0 Å². The van der Waals surface area contributed by atoms with E-state index in [9.17, 15) is 14.3 Å². The van der Waals surface area contributed by atoms with Gasteiger partial charge in [-0.15, -0.1) is 0 Å². The zero-order chi connectivity index (χ0) is 17.1. The maximum absolute atomic E-state index is 12.9. The van der Waals surface area contributed by atoms with Crippen molar-refractivity contribution in [3.05, 3.63) is 66.1 Å². The van der Waals surface area contributed by atoms with Crippen LogP contribution in [0.1, 0.15) is 10.5 Å². The number of nitrogens with two attached hydrogens (primary N) is 1. The van der Waals surface area contributed by atoms with Crippen LogP contribution in [0.4, 0.5) is 4.39 Å². The first-order valence-corrected chi connectivity index (χ1v) is 6.93. The summed E-state index contributed by atoms with van der Waals surface area (Å²) in [4.78, 5) is 19.1. The number of hydrogen-bond donors (Lipinski definition) is 2. The first-order chi connectivity index (χ1) is 11.5. The summed E-state index contributed by atoms with van der Waals surface area (Å²) in [5.74, 6) is -0.263. The quantitative estimate of drug-likeness (QED) is 0.768. The minimum atomic E-state index is -0.759. The standard InChI is InChI=1S/C17H12FN3O3/c18-11-3-7-13(8-4-11)24-12-5-1-10(2-6-12)17-20-14(16(19)23)9-15(22)21-17/h1-9H,(H2,19,23)(H,20,21,22). The average molecular weight is 325 g/mol. The summed E-state index contributed by atoms with van der Waals surface area (Å²) in [7, 11) is 0. The van der Waals surface area contributed by atoms with E-state index >= 15 is 0 Å². The minimum Gasteiger partial charge on any atom is -0.493 e. The topological polar surface area (TPSA) is 98.3 Å². The molecule has 3 aromatic rings. The molecule has 24 heavy (non-hydrogen) atoms. The SMILES string of the molecule is NC(=O)c1cc(O)nc(-c2ccc(Oc3ccc(F)cc3)cc2)n1. The smallest absolute Gasteiger partial charge is 0.267 e. The summed E-state index contributed by atoms with van der Waals surface area (Å²) in [6.45, 7) is 0. The molecule has 3 N–H and O–H groups in total. The lowest BCUT2D eigenvalue weighted by Gasteiger charge is -2.07. The van der Waals surface area contributed by atoms with Crippen LogP contribution in [0, 0.1) is 5.82 Å². The molecule has 0 saturated heterocycles. The lowest BCUT2D eigenvalue weighted by atomic mass is 10.2. The van der Waals surface area contributed by atoms with Crippen LogP contribution < -0.4 is 10.5 Å². The van der Waals surface area contributed by atoms with Gasteiger partial charge in [0.05, 0.1) is 0 Å². The van der Waals surface area contributed by atoms with Crippen molar-refractivity contribution in [2.75, 3.05) is 0 Å². The van der Waals surface area contributed by atoms with E-state index in [2.05, 4.69) is 9.97 Å². The van der Waals surface area contributed by atoms with Crippen molar-refractivity contribution in [3.63, 3.8) is 0 Å². The zero-order valence-electron chi connectivity index (χ0n) is 12.3. The molecule has 0 aliphatic rings. The van der Waals surface area contributed by atoms with Crippen LogP contribution in [0.5, 0.6) is 17.4 Å². The Morgan fingerprint density at radius 2 is 1.58 bits per heavy atom. The molecule has 0 atom stereocenters. The summed E-state index contributed by atoms with van der Waals surface area (Å²) in [6.07, 6.45) is 0. The van der Waals surface area contributed by atoms with E-state index in [1.54, 1.807) is 24.3 Å². The normalized spacial score (nSPS) is 10.4. The highest BCUT2D eigenvalue weighted by atomic mass is 19.1. The minimum absolute atomic E-state index is 0.0795. The Balaban J connectivity index is 1.84. The fraction of sp³-hybridized carbons (Fsp3) is 0. The van der Waals surface area contributed by atoms with E-state index in [1.807, 2.05) is 0 Å². The van der Waals surface area contributed by atoms with Crippen LogP contribution in [-0.4, -0.2) is 21.0 Å². The summed E-state index contributed by atoms with van der Waals surface area (Å²) < 4.78 is 18.4. The number of benzene rings is 2. The fourth-order valence-corrected chi connectivity index (χ4v) is 2.00. The number of aromatic hydroxyl groups is 1. The van der Waals surface area contributed by atoms with Crippen molar-refractivity contribution in [1.82, 2.24) is 9.97 Å². The molecule has 0 saturated carbocycles. The highest BCUT2D eigenvalue weighted by Gasteiger charge is 2.10. The molecule has 0 unspecified atom stereocenters. The van der Waals surface area contributed by atoms with Gasteiger partial charge in [-0.25, -0.2) is 9.37 Å². The number of hydrogen-bond acceptors (Lipinski definition) is 5. The molecule has 1 aromatic heterocycles. The maximum Gasteiger partial charge on any atom is 0.267 e. The summed E-state index contributed by atoms with van der Waals surface area (Å²) in [5, 5.41) is 9.56. The van der Waals surface area contributed by atoms with Gasteiger partial charge in [0.2, 0.25) is 5.88 Å². The van der Waals surface area contributed by atoms with Crippen LogP contribution in [0.2, 0.25) is 0 Å². The molecule has 1 heterocycles. The van der Waals surface area contributed by atoms with Crippen LogP contribution in [0.15, 0.2) is 54.6 Å². The van der Waals surface area contributed by atoms with Crippen LogP contribution in [-0.2, 0) is 0 Å². The molecular weight excluding hydrogens is 313 g/mol. The molecule has 0 bridgehead atoms. The number of primary amides is 1. The molecule has 0 spiro atoms. The largest absolute Gasteiger partial charge is 0.493 e. The highest BCUT2D eigenvalue weighted by Crippen LogP contribution is 2.25. The summed E-state index contributed by atoms with van der Waals surface area (Å²) in [6, 6.07) is 13.4. The van der Waals surface area contributed by atoms with E-state index < -0.39 is 5.91 Å². The van der Waals surface area contributed by atoms with Crippen LogP contribution in [0.3, 0.4) is 0 Å². The van der Waals surface area contributed by atoms with Gasteiger partial charge < -0.3 is 15.6 Å². The number of aromatic nitrogens is 2. The Bertz CT molecular complexity index is 881. The Kier molecular flexibility index (Phi) is 4.07. The maximum atomic E-state index is 12.9. The van der Waals surface area contributed by atoms with Gasteiger partial charge >= 0.3 is 0 Å². The van der Waals surface area contributed by atoms with Gasteiger partial charge in [-0.05, 0) is 48.5 Å². The zero-order valence-corrected chi connectivity index (χ0v) is 12.3. The third kappa shape index (κ3) is 3.46. The Hall–Kier alpha value is -3.48. The van der Waals surface area contributed by atoms with E-state index in [0.717, 1.165) is 6.07 Å². The number of halogens is 1. The average Bonchev–Trinajstić information content (AvgIpc) is 2.57. The lowest BCUT2D eigenvalue weighted by Crippen LogP contribution is -2.13. The summed E-state index contributed by atoms with van der Waals surface area (Å²) >= 11 is 0. The van der Waals surface area contributed by atoms with E-state index in [0.29, 0.717) is 17.1 Å². The molecule has 6 nitrogen and oxygen atoms in total. The first kappa shape index (κ1) is 15.4. The molecule has 7 heteroatoms. The molecule has 3 rings (SSSR count). The first-order valence-electron chi connectivity index (χ1n) is 6.93. The highest BCUT2D eigenvalue weighted by molar-refractivity contribution is 5.91. The van der Waals surface area contributed by atoms with Gasteiger partial charge in [-0.1, -0.05) is 0 Å². The van der Waals surface area contributed by atoms with Gasteiger partial charge in [0, 0.05) is 11.6 Å². The lowest BCUT2D eigenvalue weighted by molar-refractivity contribution is 0.0995. The van der Waals surface area contributed by atoms with E-state index in [-0.39, 0.29) is 23.2 Å². The van der Waals surface area contributed by atoms with Crippen molar-refractivity contribution in [2.24, 2.45) is 5.73 Å². The fourth-order valence-electron chi connectivity index (χ4n) is 2.00. The molecular formula is C17H12FN3O3. The molecule has 0 aliphatic carbocycles. The molecule has 0 radical (unpaired) electrons. The number of carbonyl (C=O) groups is 1. The van der Waals surface area contributed by atoms with Crippen LogP contribution >= 0.6 is 0 Å². The van der Waals surface area contributed by atoms with Gasteiger partial charge in [-0.2, -0.15) is 4.98 Å². The number of rotatable bonds is 4. The third-order valence-electron chi connectivity index (χ3n) is 3.13. The predicted octanol–water partition coefficient (Wildman–Crippen LogP) is 2.88. The molecule has 1 amide bonds.